The van der Waals surface area contributed by atoms with E-state index in [-0.39, 0.29) is 0 Å². The SMILES string of the molecule is COc1cc(Nc2nc3c(-c4cncnc4)nccn3n2)cc(OC)c1. The van der Waals surface area contributed by atoms with Gasteiger partial charge in [-0.25, -0.2) is 14.5 Å². The molecule has 4 aromatic rings. The lowest BCUT2D eigenvalue weighted by molar-refractivity contribution is 0.395. The van der Waals surface area contributed by atoms with Gasteiger partial charge in [-0.2, -0.15) is 4.98 Å². The maximum absolute atomic E-state index is 5.28. The summed E-state index contributed by atoms with van der Waals surface area (Å²) in [7, 11) is 3.20. The van der Waals surface area contributed by atoms with E-state index in [1.807, 2.05) is 12.1 Å². The van der Waals surface area contributed by atoms with Gasteiger partial charge in [0.1, 0.15) is 23.5 Å². The van der Waals surface area contributed by atoms with Gasteiger partial charge in [0.2, 0.25) is 5.95 Å². The zero-order chi connectivity index (χ0) is 17.9. The second-order valence-electron chi connectivity index (χ2n) is 5.33. The molecule has 3 aromatic heterocycles. The molecule has 3 heterocycles. The number of anilines is 2. The first kappa shape index (κ1) is 15.8. The van der Waals surface area contributed by atoms with Gasteiger partial charge in [0.25, 0.3) is 0 Å². The molecule has 0 aliphatic rings. The zero-order valence-electron chi connectivity index (χ0n) is 14.1. The number of methoxy groups -OCH3 is 2. The molecule has 0 fully saturated rings. The third-order valence-corrected chi connectivity index (χ3v) is 3.70. The first-order valence-corrected chi connectivity index (χ1v) is 7.73. The number of aromatic nitrogens is 6. The number of fused-ring (bicyclic) bond motifs is 1. The van der Waals surface area contributed by atoms with E-state index in [1.165, 1.54) is 6.33 Å². The quantitative estimate of drug-likeness (QED) is 0.586. The Bertz CT molecular complexity index is 1030. The van der Waals surface area contributed by atoms with E-state index in [9.17, 15) is 0 Å². The lowest BCUT2D eigenvalue weighted by Crippen LogP contribution is -1.95. The van der Waals surface area contributed by atoms with Crippen LogP contribution in [0.2, 0.25) is 0 Å². The van der Waals surface area contributed by atoms with E-state index in [4.69, 9.17) is 9.47 Å². The van der Waals surface area contributed by atoms with E-state index in [2.05, 4.69) is 30.4 Å². The Balaban J connectivity index is 1.73. The molecule has 0 spiro atoms. The second-order valence-corrected chi connectivity index (χ2v) is 5.33. The van der Waals surface area contributed by atoms with Gasteiger partial charge in [-0.3, -0.25) is 4.98 Å². The van der Waals surface area contributed by atoms with Crippen molar-refractivity contribution in [3.63, 3.8) is 0 Å². The molecule has 0 saturated heterocycles. The van der Waals surface area contributed by atoms with Crippen LogP contribution in [0.25, 0.3) is 16.9 Å². The van der Waals surface area contributed by atoms with Crippen LogP contribution in [0.5, 0.6) is 11.5 Å². The summed E-state index contributed by atoms with van der Waals surface area (Å²) in [6.07, 6.45) is 8.22. The Morgan fingerprint density at radius 2 is 1.73 bits per heavy atom. The van der Waals surface area contributed by atoms with Gasteiger partial charge in [-0.15, -0.1) is 5.10 Å². The molecule has 4 rings (SSSR count). The van der Waals surface area contributed by atoms with Crippen LogP contribution in [0, 0.1) is 0 Å². The molecule has 0 saturated carbocycles. The topological polar surface area (TPSA) is 99.3 Å². The molecule has 0 bridgehead atoms. The molecule has 0 radical (unpaired) electrons. The number of hydrogen-bond donors (Lipinski definition) is 1. The fourth-order valence-electron chi connectivity index (χ4n) is 2.50. The first-order chi connectivity index (χ1) is 12.8. The monoisotopic (exact) mass is 349 g/mol. The summed E-state index contributed by atoms with van der Waals surface area (Å²) in [5.41, 5.74) is 2.76. The van der Waals surface area contributed by atoms with Crippen molar-refractivity contribution < 1.29 is 9.47 Å². The van der Waals surface area contributed by atoms with Crippen molar-refractivity contribution in [2.24, 2.45) is 0 Å². The minimum Gasteiger partial charge on any atom is -0.497 e. The highest BCUT2D eigenvalue weighted by Gasteiger charge is 2.12. The largest absolute Gasteiger partial charge is 0.497 e. The van der Waals surface area contributed by atoms with Gasteiger partial charge < -0.3 is 14.8 Å². The second kappa shape index (κ2) is 6.63. The van der Waals surface area contributed by atoms with Gasteiger partial charge in [-0.1, -0.05) is 0 Å². The fraction of sp³-hybridized carbons (Fsp3) is 0.118. The maximum Gasteiger partial charge on any atom is 0.247 e. The van der Waals surface area contributed by atoms with Crippen molar-refractivity contribution in [1.29, 1.82) is 0 Å². The average Bonchev–Trinajstić information content (AvgIpc) is 3.10. The first-order valence-electron chi connectivity index (χ1n) is 7.73. The minimum absolute atomic E-state index is 0.423. The molecule has 9 heteroatoms. The van der Waals surface area contributed by atoms with Gasteiger partial charge in [0.05, 0.1) is 14.2 Å². The van der Waals surface area contributed by atoms with Crippen LogP contribution in [0.15, 0.2) is 49.3 Å². The van der Waals surface area contributed by atoms with Crippen LogP contribution in [0.4, 0.5) is 11.6 Å². The van der Waals surface area contributed by atoms with Crippen molar-refractivity contribution in [3.05, 3.63) is 49.3 Å². The molecule has 1 N–H and O–H groups in total. The summed E-state index contributed by atoms with van der Waals surface area (Å²) in [5, 5.41) is 7.60. The molecule has 0 aliphatic heterocycles. The number of ether oxygens (including phenoxy) is 2. The lowest BCUT2D eigenvalue weighted by atomic mass is 10.2. The summed E-state index contributed by atoms with van der Waals surface area (Å²) in [6, 6.07) is 5.45. The van der Waals surface area contributed by atoms with Gasteiger partial charge in [-0.05, 0) is 0 Å². The Labute approximate surface area is 148 Å². The van der Waals surface area contributed by atoms with Crippen LogP contribution in [-0.2, 0) is 0 Å². The van der Waals surface area contributed by atoms with Crippen LogP contribution < -0.4 is 14.8 Å². The number of hydrogen-bond acceptors (Lipinski definition) is 8. The highest BCUT2D eigenvalue weighted by Crippen LogP contribution is 2.28. The van der Waals surface area contributed by atoms with Crippen LogP contribution in [-0.4, -0.2) is 43.8 Å². The van der Waals surface area contributed by atoms with Crippen molar-refractivity contribution >= 4 is 17.3 Å². The fourth-order valence-corrected chi connectivity index (χ4v) is 2.50. The molecule has 26 heavy (non-hydrogen) atoms. The predicted octanol–water partition coefficient (Wildman–Crippen LogP) is 2.34. The molecule has 9 nitrogen and oxygen atoms in total. The highest BCUT2D eigenvalue weighted by molar-refractivity contribution is 5.73. The minimum atomic E-state index is 0.423. The van der Waals surface area contributed by atoms with Crippen molar-refractivity contribution in [1.82, 2.24) is 29.5 Å². The molecule has 0 unspecified atom stereocenters. The van der Waals surface area contributed by atoms with Crippen molar-refractivity contribution in [3.8, 4) is 22.8 Å². The van der Waals surface area contributed by atoms with Crippen LogP contribution in [0.3, 0.4) is 0 Å². The zero-order valence-corrected chi connectivity index (χ0v) is 14.1. The molecular weight excluding hydrogens is 334 g/mol. The van der Waals surface area contributed by atoms with E-state index in [1.54, 1.807) is 49.6 Å². The Morgan fingerprint density at radius 1 is 1.00 bits per heavy atom. The molecule has 0 atom stereocenters. The van der Waals surface area contributed by atoms with E-state index in [0.29, 0.717) is 28.8 Å². The summed E-state index contributed by atoms with van der Waals surface area (Å²) in [4.78, 5) is 17.0. The Kier molecular flexibility index (Phi) is 4.02. The predicted molar refractivity (Wildman–Crippen MR) is 94.6 cm³/mol. The van der Waals surface area contributed by atoms with E-state index >= 15 is 0 Å². The van der Waals surface area contributed by atoms with Crippen molar-refractivity contribution in [2.75, 3.05) is 19.5 Å². The standard InChI is InChI=1S/C17H15N7O2/c1-25-13-5-12(6-14(7-13)26-2)21-17-22-16-15(11-8-18-10-19-9-11)20-3-4-24(16)23-17/h3-10H,1-2H3,(H,21,23). The molecule has 0 amide bonds. The van der Waals surface area contributed by atoms with Crippen LogP contribution in [0.1, 0.15) is 0 Å². The molecule has 1 aromatic carbocycles. The number of rotatable bonds is 5. The summed E-state index contributed by atoms with van der Waals surface area (Å²) in [5.74, 6) is 1.75. The highest BCUT2D eigenvalue weighted by atomic mass is 16.5. The van der Waals surface area contributed by atoms with E-state index < -0.39 is 0 Å². The van der Waals surface area contributed by atoms with Gasteiger partial charge >= 0.3 is 0 Å². The molecule has 0 aliphatic carbocycles. The molecular formula is C17H15N7O2. The third-order valence-electron chi connectivity index (χ3n) is 3.70. The lowest BCUT2D eigenvalue weighted by Gasteiger charge is -2.08. The van der Waals surface area contributed by atoms with Gasteiger partial charge in [0, 0.05) is 54.2 Å². The van der Waals surface area contributed by atoms with Gasteiger partial charge in [0.15, 0.2) is 5.65 Å². The van der Waals surface area contributed by atoms with E-state index in [0.717, 1.165) is 11.3 Å². The molecule has 130 valence electrons. The summed E-state index contributed by atoms with van der Waals surface area (Å²) in [6.45, 7) is 0. The maximum atomic E-state index is 5.28. The normalized spacial score (nSPS) is 10.7. The average molecular weight is 349 g/mol. The number of nitrogens with one attached hydrogen (secondary N) is 1. The number of benzene rings is 1. The Morgan fingerprint density at radius 3 is 2.42 bits per heavy atom. The van der Waals surface area contributed by atoms with Crippen LogP contribution >= 0.6 is 0 Å². The third kappa shape index (κ3) is 2.97. The number of nitrogens with zero attached hydrogens (tertiary/aromatic N) is 6. The Hall–Kier alpha value is -3.75. The summed E-state index contributed by atoms with van der Waals surface area (Å²) < 4.78 is 12.2. The summed E-state index contributed by atoms with van der Waals surface area (Å²) >= 11 is 0. The van der Waals surface area contributed by atoms with Crippen molar-refractivity contribution in [2.45, 2.75) is 0 Å². The smallest absolute Gasteiger partial charge is 0.247 e.